The van der Waals surface area contributed by atoms with Crippen molar-refractivity contribution < 1.29 is 14.3 Å². The molecule has 0 fully saturated rings. The second-order valence-corrected chi connectivity index (χ2v) is 4.23. The maximum Gasteiger partial charge on any atom is 0.233 e. The van der Waals surface area contributed by atoms with Gasteiger partial charge in [0.15, 0.2) is 11.5 Å². The van der Waals surface area contributed by atoms with Gasteiger partial charge >= 0.3 is 0 Å². The summed E-state index contributed by atoms with van der Waals surface area (Å²) in [5.74, 6) is 1.45. The Labute approximate surface area is 106 Å². The van der Waals surface area contributed by atoms with Crippen molar-refractivity contribution in [1.82, 2.24) is 5.32 Å². The van der Waals surface area contributed by atoms with Crippen molar-refractivity contribution in [3.05, 3.63) is 23.3 Å². The molecule has 2 rings (SSSR count). The normalized spacial score (nSPS) is 13.2. The second kappa shape index (κ2) is 5.73. The summed E-state index contributed by atoms with van der Waals surface area (Å²) in [6, 6.07) is 3.97. The number of nitrogens with two attached hydrogens (primary N) is 1. The van der Waals surface area contributed by atoms with Crippen molar-refractivity contribution in [1.29, 1.82) is 0 Å². The Kier molecular flexibility index (Phi) is 4.04. The standard InChI is InChI=1S/C13H18N2O3/c1-9-6-11-12(18-5-4-17-11)7-10(9)2-3-15-13(16)8-14/h6-7H,2-5,8,14H2,1H3,(H,15,16). The van der Waals surface area contributed by atoms with Crippen LogP contribution < -0.4 is 20.5 Å². The van der Waals surface area contributed by atoms with Crippen LogP contribution >= 0.6 is 0 Å². The van der Waals surface area contributed by atoms with Crippen LogP contribution in [0.2, 0.25) is 0 Å². The predicted molar refractivity (Wildman–Crippen MR) is 67.9 cm³/mol. The molecule has 1 aromatic carbocycles. The molecule has 1 aromatic rings. The molecule has 0 bridgehead atoms. The Bertz CT molecular complexity index is 446. The number of fused-ring (bicyclic) bond motifs is 1. The Morgan fingerprint density at radius 1 is 1.33 bits per heavy atom. The third kappa shape index (κ3) is 2.92. The molecule has 3 N–H and O–H groups in total. The summed E-state index contributed by atoms with van der Waals surface area (Å²) in [7, 11) is 0. The lowest BCUT2D eigenvalue weighted by molar-refractivity contribution is -0.119. The van der Waals surface area contributed by atoms with Crippen LogP contribution in [-0.4, -0.2) is 32.2 Å². The van der Waals surface area contributed by atoms with E-state index < -0.39 is 0 Å². The molecule has 0 aromatic heterocycles. The van der Waals surface area contributed by atoms with Crippen molar-refractivity contribution in [2.24, 2.45) is 5.73 Å². The van der Waals surface area contributed by atoms with Gasteiger partial charge in [0.2, 0.25) is 5.91 Å². The lowest BCUT2D eigenvalue weighted by Crippen LogP contribution is -2.31. The zero-order chi connectivity index (χ0) is 13.0. The summed E-state index contributed by atoms with van der Waals surface area (Å²) in [6.07, 6.45) is 0.758. The molecule has 98 valence electrons. The number of benzene rings is 1. The minimum atomic E-state index is -0.134. The molecular formula is C13H18N2O3. The summed E-state index contributed by atoms with van der Waals surface area (Å²) in [6.45, 7) is 3.81. The highest BCUT2D eigenvalue weighted by Gasteiger charge is 2.13. The monoisotopic (exact) mass is 250 g/mol. The maximum atomic E-state index is 11.0. The SMILES string of the molecule is Cc1cc2c(cc1CCNC(=O)CN)OCCO2. The van der Waals surface area contributed by atoms with Gasteiger partial charge in [-0.25, -0.2) is 0 Å². The Hall–Kier alpha value is -1.75. The van der Waals surface area contributed by atoms with E-state index in [0.717, 1.165) is 29.0 Å². The number of rotatable bonds is 4. The van der Waals surface area contributed by atoms with E-state index in [-0.39, 0.29) is 12.5 Å². The fraction of sp³-hybridized carbons (Fsp3) is 0.462. The molecule has 1 heterocycles. The van der Waals surface area contributed by atoms with Gasteiger partial charge in [0.25, 0.3) is 0 Å². The number of amides is 1. The fourth-order valence-corrected chi connectivity index (χ4v) is 1.91. The lowest BCUT2D eigenvalue weighted by Gasteiger charge is -2.20. The molecule has 1 amide bonds. The molecule has 5 nitrogen and oxygen atoms in total. The second-order valence-electron chi connectivity index (χ2n) is 4.23. The van der Waals surface area contributed by atoms with Crippen LogP contribution in [0.25, 0.3) is 0 Å². The summed E-state index contributed by atoms with van der Waals surface area (Å²) in [4.78, 5) is 11.0. The van der Waals surface area contributed by atoms with Gasteiger partial charge in [0.05, 0.1) is 6.54 Å². The van der Waals surface area contributed by atoms with E-state index in [0.29, 0.717) is 19.8 Å². The highest BCUT2D eigenvalue weighted by atomic mass is 16.6. The summed E-state index contributed by atoms with van der Waals surface area (Å²) < 4.78 is 11.0. The van der Waals surface area contributed by atoms with Crippen molar-refractivity contribution >= 4 is 5.91 Å². The van der Waals surface area contributed by atoms with Crippen LogP contribution in [0.15, 0.2) is 12.1 Å². The largest absolute Gasteiger partial charge is 0.486 e. The van der Waals surface area contributed by atoms with E-state index in [2.05, 4.69) is 5.32 Å². The number of ether oxygens (including phenoxy) is 2. The number of carbonyl (C=O) groups is 1. The fourth-order valence-electron chi connectivity index (χ4n) is 1.91. The number of nitrogens with one attached hydrogen (secondary N) is 1. The quantitative estimate of drug-likeness (QED) is 0.810. The van der Waals surface area contributed by atoms with Gasteiger partial charge in [0, 0.05) is 6.54 Å². The highest BCUT2D eigenvalue weighted by Crippen LogP contribution is 2.32. The Morgan fingerprint density at radius 3 is 2.67 bits per heavy atom. The first-order valence-electron chi connectivity index (χ1n) is 6.06. The molecule has 18 heavy (non-hydrogen) atoms. The lowest BCUT2D eigenvalue weighted by atomic mass is 10.0. The van der Waals surface area contributed by atoms with Gasteiger partial charge in [0.1, 0.15) is 13.2 Å². The van der Waals surface area contributed by atoms with Gasteiger partial charge < -0.3 is 20.5 Å². The van der Waals surface area contributed by atoms with E-state index in [1.54, 1.807) is 0 Å². The highest BCUT2D eigenvalue weighted by molar-refractivity contribution is 5.77. The molecule has 0 saturated heterocycles. The zero-order valence-corrected chi connectivity index (χ0v) is 10.5. The number of hydrogen-bond donors (Lipinski definition) is 2. The number of hydrogen-bond acceptors (Lipinski definition) is 4. The first-order valence-corrected chi connectivity index (χ1v) is 6.06. The predicted octanol–water partition coefficient (Wildman–Crippen LogP) is 0.384. The average Bonchev–Trinajstić information content (AvgIpc) is 2.39. The smallest absolute Gasteiger partial charge is 0.233 e. The minimum absolute atomic E-state index is 0.0279. The van der Waals surface area contributed by atoms with E-state index in [4.69, 9.17) is 15.2 Å². The average molecular weight is 250 g/mol. The van der Waals surface area contributed by atoms with Gasteiger partial charge in [-0.05, 0) is 36.6 Å². The topological polar surface area (TPSA) is 73.6 Å². The maximum absolute atomic E-state index is 11.0. The summed E-state index contributed by atoms with van der Waals surface area (Å²) in [5, 5.41) is 2.75. The molecule has 1 aliphatic heterocycles. The van der Waals surface area contributed by atoms with E-state index in [1.165, 1.54) is 0 Å². The van der Waals surface area contributed by atoms with E-state index >= 15 is 0 Å². The molecule has 0 atom stereocenters. The number of carbonyl (C=O) groups excluding carboxylic acids is 1. The van der Waals surface area contributed by atoms with Gasteiger partial charge in [-0.2, -0.15) is 0 Å². The van der Waals surface area contributed by atoms with Crippen molar-refractivity contribution in [3.8, 4) is 11.5 Å². The van der Waals surface area contributed by atoms with Crippen LogP contribution in [-0.2, 0) is 11.2 Å². The third-order valence-electron chi connectivity index (χ3n) is 2.90. The molecule has 0 spiro atoms. The summed E-state index contributed by atoms with van der Waals surface area (Å²) in [5.41, 5.74) is 7.51. The third-order valence-corrected chi connectivity index (χ3v) is 2.90. The molecule has 0 aliphatic carbocycles. The van der Waals surface area contributed by atoms with Crippen LogP contribution in [0.1, 0.15) is 11.1 Å². The first kappa shape index (κ1) is 12.7. The Morgan fingerprint density at radius 2 is 2.00 bits per heavy atom. The molecular weight excluding hydrogens is 232 g/mol. The minimum Gasteiger partial charge on any atom is -0.486 e. The van der Waals surface area contributed by atoms with Gasteiger partial charge in [-0.1, -0.05) is 0 Å². The molecule has 1 aliphatic rings. The van der Waals surface area contributed by atoms with Crippen molar-refractivity contribution in [3.63, 3.8) is 0 Å². The van der Waals surface area contributed by atoms with Crippen LogP contribution in [0, 0.1) is 6.92 Å². The van der Waals surface area contributed by atoms with E-state index in [1.807, 2.05) is 19.1 Å². The van der Waals surface area contributed by atoms with Gasteiger partial charge in [-0.3, -0.25) is 4.79 Å². The van der Waals surface area contributed by atoms with Gasteiger partial charge in [-0.15, -0.1) is 0 Å². The van der Waals surface area contributed by atoms with Crippen molar-refractivity contribution in [2.45, 2.75) is 13.3 Å². The molecule has 5 heteroatoms. The van der Waals surface area contributed by atoms with Crippen molar-refractivity contribution in [2.75, 3.05) is 26.3 Å². The zero-order valence-electron chi connectivity index (χ0n) is 10.5. The van der Waals surface area contributed by atoms with E-state index in [9.17, 15) is 4.79 Å². The Balaban J connectivity index is 2.02. The van der Waals surface area contributed by atoms with Crippen LogP contribution in [0.3, 0.4) is 0 Å². The van der Waals surface area contributed by atoms with Crippen LogP contribution in [0.4, 0.5) is 0 Å². The number of aryl methyl sites for hydroxylation is 1. The van der Waals surface area contributed by atoms with Crippen LogP contribution in [0.5, 0.6) is 11.5 Å². The summed E-state index contributed by atoms with van der Waals surface area (Å²) >= 11 is 0. The molecule has 0 radical (unpaired) electrons. The molecule has 0 saturated carbocycles. The first-order chi connectivity index (χ1) is 8.70. The molecule has 0 unspecified atom stereocenters.